The summed E-state index contributed by atoms with van der Waals surface area (Å²) in [5, 5.41) is 0. The topological polar surface area (TPSA) is 6.48 Å². The lowest BCUT2D eigenvalue weighted by Gasteiger charge is -2.24. The molecule has 0 atom stereocenters. The first-order valence-electron chi connectivity index (χ1n) is 7.66. The molecule has 0 fully saturated rings. The maximum atomic E-state index is 2.49. The average molecular weight is 262 g/mol. The second kappa shape index (κ2) is 8.98. The molecule has 0 N–H and O–H groups in total. The van der Waals surface area contributed by atoms with E-state index in [9.17, 15) is 0 Å². The quantitative estimate of drug-likeness (QED) is 0.668. The minimum Gasteiger partial charge on any atom is -0.372 e. The van der Waals surface area contributed by atoms with Gasteiger partial charge in [0.05, 0.1) is 0 Å². The van der Waals surface area contributed by atoms with E-state index in [0.717, 1.165) is 13.1 Å². The van der Waals surface area contributed by atoms with Gasteiger partial charge in [0.15, 0.2) is 0 Å². The Morgan fingerprint density at radius 2 is 1.42 bits per heavy atom. The molecule has 0 saturated heterocycles. The molecule has 0 aliphatic rings. The van der Waals surface area contributed by atoms with Crippen LogP contribution in [0.25, 0.3) is 0 Å². The molecule has 0 saturated carbocycles. The number of benzene rings is 1. The van der Waals surface area contributed by atoms with E-state index in [2.05, 4.69) is 62.0 Å². The van der Waals surface area contributed by atoms with Gasteiger partial charge in [0, 0.05) is 18.8 Å². The van der Waals surface area contributed by atoms with Crippen molar-refractivity contribution in [2.75, 3.05) is 38.6 Å². The van der Waals surface area contributed by atoms with Gasteiger partial charge in [-0.25, -0.2) is 0 Å². The van der Waals surface area contributed by atoms with Crippen LogP contribution in [0.5, 0.6) is 0 Å². The molecule has 0 spiro atoms. The summed E-state index contributed by atoms with van der Waals surface area (Å²) in [5.74, 6) is 0. The van der Waals surface area contributed by atoms with Crippen LogP contribution in [0.4, 0.5) is 5.69 Å². The normalized spacial score (nSPS) is 11.0. The molecule has 0 unspecified atom stereocenters. The summed E-state index contributed by atoms with van der Waals surface area (Å²) in [4.78, 5) is 4.74. The number of anilines is 1. The van der Waals surface area contributed by atoms with Gasteiger partial charge in [-0.3, -0.25) is 0 Å². The predicted molar refractivity (Wildman–Crippen MR) is 86.1 cm³/mol. The summed E-state index contributed by atoms with van der Waals surface area (Å²) < 4.78 is 0. The van der Waals surface area contributed by atoms with Crippen molar-refractivity contribution in [3.8, 4) is 0 Å². The first-order chi connectivity index (χ1) is 9.17. The Morgan fingerprint density at radius 1 is 0.842 bits per heavy atom. The van der Waals surface area contributed by atoms with E-state index in [-0.39, 0.29) is 0 Å². The Morgan fingerprint density at radius 3 is 1.89 bits per heavy atom. The summed E-state index contributed by atoms with van der Waals surface area (Å²) in [5.41, 5.74) is 2.83. The molecule has 1 rings (SSSR count). The number of hydrogen-bond acceptors (Lipinski definition) is 2. The van der Waals surface area contributed by atoms with E-state index in [1.165, 1.54) is 43.5 Å². The van der Waals surface area contributed by atoms with Crippen LogP contribution in [0.2, 0.25) is 0 Å². The van der Waals surface area contributed by atoms with Crippen molar-refractivity contribution < 1.29 is 0 Å². The highest BCUT2D eigenvalue weighted by Crippen LogP contribution is 2.17. The van der Waals surface area contributed by atoms with Gasteiger partial charge in [-0.2, -0.15) is 0 Å². The van der Waals surface area contributed by atoms with E-state index < -0.39 is 0 Å². The first-order valence-corrected chi connectivity index (χ1v) is 7.66. The molecule has 2 heteroatoms. The molecular weight excluding hydrogens is 232 g/mol. The van der Waals surface area contributed by atoms with Crippen molar-refractivity contribution in [2.45, 2.75) is 39.5 Å². The molecule has 1 aromatic carbocycles. The standard InChI is InChI=1S/C17H30N2/c1-5-13-19(14-6-2)17-11-9-16(10-12-17)8-7-15-18(3)4/h9-12H,5-8,13-15H2,1-4H3. The first kappa shape index (κ1) is 16.0. The van der Waals surface area contributed by atoms with Crippen LogP contribution < -0.4 is 4.90 Å². The smallest absolute Gasteiger partial charge is 0.0366 e. The molecule has 0 amide bonds. The van der Waals surface area contributed by atoms with Crippen LogP contribution >= 0.6 is 0 Å². The molecule has 1 aromatic rings. The van der Waals surface area contributed by atoms with Crippen molar-refractivity contribution in [1.29, 1.82) is 0 Å². The fraction of sp³-hybridized carbons (Fsp3) is 0.647. The maximum absolute atomic E-state index is 2.49. The van der Waals surface area contributed by atoms with E-state index in [4.69, 9.17) is 0 Å². The van der Waals surface area contributed by atoms with Crippen LogP contribution in [-0.4, -0.2) is 38.6 Å². The van der Waals surface area contributed by atoms with Gasteiger partial charge in [0.1, 0.15) is 0 Å². The second-order valence-electron chi connectivity index (χ2n) is 5.56. The van der Waals surface area contributed by atoms with E-state index >= 15 is 0 Å². The van der Waals surface area contributed by atoms with Gasteiger partial charge in [-0.1, -0.05) is 26.0 Å². The Bertz CT molecular complexity index is 324. The summed E-state index contributed by atoms with van der Waals surface area (Å²) >= 11 is 0. The van der Waals surface area contributed by atoms with Crippen molar-refractivity contribution in [3.63, 3.8) is 0 Å². The summed E-state index contributed by atoms with van der Waals surface area (Å²) in [6, 6.07) is 9.17. The lowest BCUT2D eigenvalue weighted by atomic mass is 10.1. The molecule has 0 radical (unpaired) electrons. The molecule has 0 aliphatic heterocycles. The summed E-state index contributed by atoms with van der Waals surface area (Å²) in [6.07, 6.45) is 4.84. The third-order valence-corrected chi connectivity index (χ3v) is 3.36. The molecular formula is C17H30N2. The fourth-order valence-corrected chi connectivity index (χ4v) is 2.38. The summed E-state index contributed by atoms with van der Waals surface area (Å²) in [7, 11) is 4.27. The average Bonchev–Trinajstić information content (AvgIpc) is 2.39. The summed E-state index contributed by atoms with van der Waals surface area (Å²) in [6.45, 7) is 7.98. The van der Waals surface area contributed by atoms with Crippen molar-refractivity contribution >= 4 is 5.69 Å². The van der Waals surface area contributed by atoms with Gasteiger partial charge in [0.25, 0.3) is 0 Å². The lowest BCUT2D eigenvalue weighted by molar-refractivity contribution is 0.400. The van der Waals surface area contributed by atoms with Gasteiger partial charge in [-0.15, -0.1) is 0 Å². The molecule has 0 bridgehead atoms. The van der Waals surface area contributed by atoms with E-state index in [1.54, 1.807) is 0 Å². The minimum absolute atomic E-state index is 1.16. The van der Waals surface area contributed by atoms with Crippen LogP contribution in [0.1, 0.15) is 38.7 Å². The minimum atomic E-state index is 1.16. The third-order valence-electron chi connectivity index (χ3n) is 3.36. The molecule has 2 nitrogen and oxygen atoms in total. The zero-order valence-corrected chi connectivity index (χ0v) is 13.2. The second-order valence-corrected chi connectivity index (χ2v) is 5.56. The van der Waals surface area contributed by atoms with Crippen LogP contribution in [0.15, 0.2) is 24.3 Å². The van der Waals surface area contributed by atoms with Crippen LogP contribution in [-0.2, 0) is 6.42 Å². The maximum Gasteiger partial charge on any atom is 0.0366 e. The van der Waals surface area contributed by atoms with Crippen LogP contribution in [0, 0.1) is 0 Å². The Balaban J connectivity index is 2.53. The SMILES string of the molecule is CCCN(CCC)c1ccc(CCCN(C)C)cc1. The van der Waals surface area contributed by atoms with Crippen LogP contribution in [0.3, 0.4) is 0 Å². The van der Waals surface area contributed by atoms with Crippen molar-refractivity contribution in [3.05, 3.63) is 29.8 Å². The lowest BCUT2D eigenvalue weighted by Crippen LogP contribution is -2.24. The van der Waals surface area contributed by atoms with Gasteiger partial charge >= 0.3 is 0 Å². The number of rotatable bonds is 9. The zero-order chi connectivity index (χ0) is 14.1. The number of aryl methyl sites for hydroxylation is 1. The highest BCUT2D eigenvalue weighted by Gasteiger charge is 2.04. The van der Waals surface area contributed by atoms with Gasteiger partial charge < -0.3 is 9.80 Å². The van der Waals surface area contributed by atoms with E-state index in [1.807, 2.05) is 0 Å². The van der Waals surface area contributed by atoms with Gasteiger partial charge in [0.2, 0.25) is 0 Å². The van der Waals surface area contributed by atoms with E-state index in [0.29, 0.717) is 0 Å². The molecule has 0 heterocycles. The highest BCUT2D eigenvalue weighted by molar-refractivity contribution is 5.47. The third kappa shape index (κ3) is 6.11. The Labute approximate surface area is 119 Å². The van der Waals surface area contributed by atoms with Gasteiger partial charge in [-0.05, 0) is 64.0 Å². The Kier molecular flexibility index (Phi) is 7.57. The number of nitrogens with zero attached hydrogens (tertiary/aromatic N) is 2. The number of hydrogen-bond donors (Lipinski definition) is 0. The fourth-order valence-electron chi connectivity index (χ4n) is 2.38. The molecule has 108 valence electrons. The largest absolute Gasteiger partial charge is 0.372 e. The predicted octanol–water partition coefficient (Wildman–Crippen LogP) is 3.81. The van der Waals surface area contributed by atoms with Crippen molar-refractivity contribution in [1.82, 2.24) is 4.90 Å². The van der Waals surface area contributed by atoms with Crippen molar-refractivity contribution in [2.24, 2.45) is 0 Å². The molecule has 0 aromatic heterocycles. The Hall–Kier alpha value is -1.02. The highest BCUT2D eigenvalue weighted by atomic mass is 15.1. The zero-order valence-electron chi connectivity index (χ0n) is 13.2. The molecule has 0 aliphatic carbocycles. The monoisotopic (exact) mass is 262 g/mol. The molecule has 19 heavy (non-hydrogen) atoms.